The topological polar surface area (TPSA) is 49.8 Å². The highest BCUT2D eigenvalue weighted by atomic mass is 16.5. The van der Waals surface area contributed by atoms with Gasteiger partial charge >= 0.3 is 5.97 Å². The van der Waals surface area contributed by atoms with E-state index in [1.807, 2.05) is 32.6 Å². The van der Waals surface area contributed by atoms with Crippen LogP contribution in [0.25, 0.3) is 0 Å². The Morgan fingerprint density at radius 1 is 1.47 bits per heavy atom. The Labute approximate surface area is 92.2 Å². The molecule has 0 aliphatic carbocycles. The number of nitrogens with zero attached hydrogens (tertiary/aromatic N) is 1. The van der Waals surface area contributed by atoms with Gasteiger partial charge in [0.05, 0.1) is 13.2 Å². The van der Waals surface area contributed by atoms with E-state index in [1.54, 1.807) is 7.11 Å². The Bertz CT molecular complexity index is 198. The zero-order chi connectivity index (χ0) is 12.1. The third kappa shape index (κ3) is 5.14. The number of carboxylic acid groups (broad SMARTS) is 1. The van der Waals surface area contributed by atoms with Crippen molar-refractivity contribution in [1.29, 1.82) is 0 Å². The second-order valence-electron chi connectivity index (χ2n) is 4.71. The highest BCUT2D eigenvalue weighted by Crippen LogP contribution is 2.18. The van der Waals surface area contributed by atoms with Crippen LogP contribution in [0.5, 0.6) is 0 Å². The lowest BCUT2D eigenvalue weighted by Gasteiger charge is -2.40. The summed E-state index contributed by atoms with van der Waals surface area (Å²) in [5.74, 6) is -0.792. The predicted octanol–water partition coefficient (Wildman–Crippen LogP) is 1.60. The van der Waals surface area contributed by atoms with Crippen LogP contribution in [0.15, 0.2) is 0 Å². The van der Waals surface area contributed by atoms with Crippen molar-refractivity contribution >= 4 is 5.97 Å². The maximum absolute atomic E-state index is 10.8. The summed E-state index contributed by atoms with van der Waals surface area (Å²) in [6.07, 6.45) is 0.887. The molecule has 1 N–H and O–H groups in total. The average molecular weight is 217 g/mol. The SMILES string of the molecule is CCC(COC)N(CC(=O)O)C(C)(C)C. The minimum Gasteiger partial charge on any atom is -0.480 e. The smallest absolute Gasteiger partial charge is 0.317 e. The van der Waals surface area contributed by atoms with Gasteiger partial charge in [-0.3, -0.25) is 9.69 Å². The molecule has 0 aromatic rings. The van der Waals surface area contributed by atoms with Crippen molar-refractivity contribution in [2.75, 3.05) is 20.3 Å². The Kier molecular flexibility index (Phi) is 5.83. The van der Waals surface area contributed by atoms with Crippen LogP contribution >= 0.6 is 0 Å². The molecule has 0 fully saturated rings. The quantitative estimate of drug-likeness (QED) is 0.734. The number of hydrogen-bond donors (Lipinski definition) is 1. The van der Waals surface area contributed by atoms with Crippen molar-refractivity contribution < 1.29 is 14.6 Å². The summed E-state index contributed by atoms with van der Waals surface area (Å²) < 4.78 is 5.12. The zero-order valence-electron chi connectivity index (χ0n) is 10.4. The molecular weight excluding hydrogens is 194 g/mol. The van der Waals surface area contributed by atoms with Gasteiger partial charge in [0.1, 0.15) is 0 Å². The Hall–Kier alpha value is -0.610. The van der Waals surface area contributed by atoms with E-state index in [9.17, 15) is 4.79 Å². The number of hydrogen-bond acceptors (Lipinski definition) is 3. The van der Waals surface area contributed by atoms with E-state index in [0.717, 1.165) is 6.42 Å². The first-order valence-electron chi connectivity index (χ1n) is 5.30. The summed E-state index contributed by atoms with van der Waals surface area (Å²) in [7, 11) is 1.64. The maximum Gasteiger partial charge on any atom is 0.317 e. The number of carboxylic acids is 1. The molecule has 0 radical (unpaired) electrons. The van der Waals surface area contributed by atoms with E-state index in [-0.39, 0.29) is 18.1 Å². The number of methoxy groups -OCH3 is 1. The molecule has 0 aliphatic heterocycles. The molecule has 0 heterocycles. The summed E-state index contributed by atoms with van der Waals surface area (Å²) >= 11 is 0. The van der Waals surface area contributed by atoms with Crippen LogP contribution in [0.1, 0.15) is 34.1 Å². The van der Waals surface area contributed by atoms with Gasteiger partial charge in [0.25, 0.3) is 0 Å². The summed E-state index contributed by atoms with van der Waals surface area (Å²) in [6, 6.07) is 0.158. The van der Waals surface area contributed by atoms with Gasteiger partial charge in [-0.05, 0) is 27.2 Å². The second kappa shape index (κ2) is 6.08. The van der Waals surface area contributed by atoms with Gasteiger partial charge in [-0.25, -0.2) is 0 Å². The van der Waals surface area contributed by atoms with Crippen LogP contribution in [0.2, 0.25) is 0 Å². The fourth-order valence-electron chi connectivity index (χ4n) is 1.68. The van der Waals surface area contributed by atoms with Crippen molar-refractivity contribution in [2.24, 2.45) is 0 Å². The molecule has 0 aliphatic rings. The standard InChI is InChI=1S/C11H23NO3/c1-6-9(8-15-5)12(7-10(13)14)11(2,3)4/h9H,6-8H2,1-5H3,(H,13,14). The molecule has 4 heteroatoms. The van der Waals surface area contributed by atoms with Gasteiger partial charge in [-0.2, -0.15) is 0 Å². The molecule has 0 aromatic carbocycles. The lowest BCUT2D eigenvalue weighted by Crippen LogP contribution is -2.51. The largest absolute Gasteiger partial charge is 0.480 e. The first kappa shape index (κ1) is 14.4. The van der Waals surface area contributed by atoms with Gasteiger partial charge in [0, 0.05) is 18.7 Å². The third-order valence-electron chi connectivity index (χ3n) is 2.44. The second-order valence-corrected chi connectivity index (χ2v) is 4.71. The minimum absolute atomic E-state index is 0.0609. The van der Waals surface area contributed by atoms with Gasteiger partial charge in [-0.15, -0.1) is 0 Å². The molecule has 0 aromatic heterocycles. The first-order valence-corrected chi connectivity index (χ1v) is 5.30. The van der Waals surface area contributed by atoms with E-state index in [4.69, 9.17) is 9.84 Å². The van der Waals surface area contributed by atoms with Crippen molar-refractivity contribution in [1.82, 2.24) is 4.90 Å². The van der Waals surface area contributed by atoms with E-state index >= 15 is 0 Å². The lowest BCUT2D eigenvalue weighted by atomic mass is 10.0. The first-order chi connectivity index (χ1) is 6.82. The number of ether oxygens (including phenoxy) is 1. The van der Waals surface area contributed by atoms with Crippen LogP contribution in [0.3, 0.4) is 0 Å². The monoisotopic (exact) mass is 217 g/mol. The van der Waals surface area contributed by atoms with Crippen molar-refractivity contribution in [2.45, 2.75) is 45.7 Å². The van der Waals surface area contributed by atoms with Crippen LogP contribution in [0, 0.1) is 0 Å². The van der Waals surface area contributed by atoms with Gasteiger partial charge in [0.2, 0.25) is 0 Å². The molecular formula is C11H23NO3. The summed E-state index contributed by atoms with van der Waals surface area (Å²) in [6.45, 7) is 8.74. The highest BCUT2D eigenvalue weighted by Gasteiger charge is 2.29. The summed E-state index contributed by atoms with van der Waals surface area (Å²) in [5, 5.41) is 8.88. The van der Waals surface area contributed by atoms with E-state index in [1.165, 1.54) is 0 Å². The molecule has 0 saturated carbocycles. The summed E-state index contributed by atoms with van der Waals surface area (Å²) in [5.41, 5.74) is -0.155. The highest BCUT2D eigenvalue weighted by molar-refractivity contribution is 5.69. The van der Waals surface area contributed by atoms with Crippen LogP contribution in [-0.2, 0) is 9.53 Å². The average Bonchev–Trinajstić information content (AvgIpc) is 2.09. The molecule has 0 amide bonds. The van der Waals surface area contributed by atoms with Crippen molar-refractivity contribution in [3.8, 4) is 0 Å². The van der Waals surface area contributed by atoms with Crippen LogP contribution in [-0.4, -0.2) is 47.8 Å². The van der Waals surface area contributed by atoms with E-state index in [2.05, 4.69) is 0 Å². The molecule has 0 bridgehead atoms. The molecule has 1 unspecified atom stereocenters. The van der Waals surface area contributed by atoms with Crippen molar-refractivity contribution in [3.63, 3.8) is 0 Å². The molecule has 0 saturated heterocycles. The number of carbonyl (C=O) groups is 1. The Balaban J connectivity index is 4.65. The fraction of sp³-hybridized carbons (Fsp3) is 0.909. The maximum atomic E-state index is 10.8. The van der Waals surface area contributed by atoms with Gasteiger partial charge in [0.15, 0.2) is 0 Å². The minimum atomic E-state index is -0.792. The molecule has 0 spiro atoms. The van der Waals surface area contributed by atoms with E-state index < -0.39 is 5.97 Å². The lowest BCUT2D eigenvalue weighted by molar-refractivity contribution is -0.141. The molecule has 0 rings (SSSR count). The van der Waals surface area contributed by atoms with E-state index in [0.29, 0.717) is 6.61 Å². The molecule has 1 atom stereocenters. The van der Waals surface area contributed by atoms with Crippen LogP contribution in [0.4, 0.5) is 0 Å². The number of aliphatic carboxylic acids is 1. The third-order valence-corrected chi connectivity index (χ3v) is 2.44. The summed E-state index contributed by atoms with van der Waals surface area (Å²) in [4.78, 5) is 12.8. The van der Waals surface area contributed by atoms with Gasteiger partial charge < -0.3 is 9.84 Å². The van der Waals surface area contributed by atoms with Crippen molar-refractivity contribution in [3.05, 3.63) is 0 Å². The normalized spacial score (nSPS) is 14.3. The zero-order valence-corrected chi connectivity index (χ0v) is 10.4. The Morgan fingerprint density at radius 2 is 2.00 bits per heavy atom. The fourth-order valence-corrected chi connectivity index (χ4v) is 1.68. The predicted molar refractivity (Wildman–Crippen MR) is 60.0 cm³/mol. The number of rotatable bonds is 6. The van der Waals surface area contributed by atoms with Gasteiger partial charge in [-0.1, -0.05) is 6.92 Å². The molecule has 4 nitrogen and oxygen atoms in total. The molecule has 15 heavy (non-hydrogen) atoms. The Morgan fingerprint density at radius 3 is 2.27 bits per heavy atom. The molecule has 90 valence electrons. The van der Waals surface area contributed by atoms with Crippen LogP contribution < -0.4 is 0 Å².